The maximum Gasteiger partial charge on any atom is 0.270 e. The Bertz CT molecular complexity index is 1150. The highest BCUT2D eigenvalue weighted by atomic mass is 32.2. The van der Waals surface area contributed by atoms with Crippen LogP contribution in [0, 0.1) is 10.1 Å². The first kappa shape index (κ1) is 18.3. The summed E-state index contributed by atoms with van der Waals surface area (Å²) < 4.78 is 32.8. The predicted octanol–water partition coefficient (Wildman–Crippen LogP) is 2.99. The lowest BCUT2D eigenvalue weighted by Gasteiger charge is -2.17. The number of fused-ring (bicyclic) bond motifs is 1. The number of pyridine rings is 1. The molecule has 8 nitrogen and oxygen atoms in total. The van der Waals surface area contributed by atoms with Gasteiger partial charge in [0.15, 0.2) is 0 Å². The van der Waals surface area contributed by atoms with Crippen molar-refractivity contribution in [2.75, 3.05) is 13.1 Å². The van der Waals surface area contributed by atoms with Crippen LogP contribution in [-0.2, 0) is 10.0 Å². The third-order valence-electron chi connectivity index (χ3n) is 4.63. The second-order valence-corrected chi connectivity index (χ2v) is 8.43. The molecule has 1 aliphatic heterocycles. The van der Waals surface area contributed by atoms with Crippen molar-refractivity contribution in [2.24, 2.45) is 0 Å². The Morgan fingerprint density at radius 2 is 1.93 bits per heavy atom. The number of ether oxygens (including phenoxy) is 1. The van der Waals surface area contributed by atoms with Crippen LogP contribution >= 0.6 is 0 Å². The Labute approximate surface area is 161 Å². The second-order valence-electron chi connectivity index (χ2n) is 6.49. The first-order valence-electron chi connectivity index (χ1n) is 8.70. The minimum atomic E-state index is -3.83. The van der Waals surface area contributed by atoms with E-state index < -0.39 is 14.9 Å². The molecule has 1 unspecified atom stereocenters. The number of rotatable bonds is 5. The van der Waals surface area contributed by atoms with Gasteiger partial charge in [-0.05, 0) is 24.6 Å². The average Bonchev–Trinajstić information content (AvgIpc) is 3.17. The molecule has 4 rings (SSSR count). The molecule has 3 aromatic rings. The maximum absolute atomic E-state index is 12.8. The van der Waals surface area contributed by atoms with Gasteiger partial charge < -0.3 is 4.74 Å². The van der Waals surface area contributed by atoms with Crippen LogP contribution in [-0.4, -0.2) is 41.8 Å². The van der Waals surface area contributed by atoms with E-state index in [0.29, 0.717) is 12.3 Å². The van der Waals surface area contributed by atoms with E-state index in [1.807, 2.05) is 30.3 Å². The molecule has 28 heavy (non-hydrogen) atoms. The minimum absolute atomic E-state index is 0.0915. The van der Waals surface area contributed by atoms with Crippen molar-refractivity contribution in [1.29, 1.82) is 0 Å². The Balaban J connectivity index is 1.49. The summed E-state index contributed by atoms with van der Waals surface area (Å²) >= 11 is 0. The predicted molar refractivity (Wildman–Crippen MR) is 103 cm³/mol. The molecule has 1 aromatic heterocycles. The summed E-state index contributed by atoms with van der Waals surface area (Å²) in [7, 11) is -3.83. The molecule has 1 saturated heterocycles. The number of sulfonamides is 1. The summed E-state index contributed by atoms with van der Waals surface area (Å²) in [5.74, 6) is 0.443. The zero-order valence-corrected chi connectivity index (χ0v) is 15.6. The highest BCUT2D eigenvalue weighted by Gasteiger charge is 2.34. The largest absolute Gasteiger partial charge is 0.473 e. The minimum Gasteiger partial charge on any atom is -0.473 e. The van der Waals surface area contributed by atoms with Gasteiger partial charge in [0, 0.05) is 30.1 Å². The summed E-state index contributed by atoms with van der Waals surface area (Å²) in [6.45, 7) is 0.447. The van der Waals surface area contributed by atoms with Gasteiger partial charge in [0.1, 0.15) is 6.10 Å². The lowest BCUT2D eigenvalue weighted by Crippen LogP contribution is -2.31. The molecule has 0 amide bonds. The van der Waals surface area contributed by atoms with Crippen molar-refractivity contribution in [3.63, 3.8) is 0 Å². The molecular formula is C19H17N3O5S. The third-order valence-corrected chi connectivity index (χ3v) is 6.50. The van der Waals surface area contributed by atoms with Gasteiger partial charge in [0.25, 0.3) is 5.69 Å². The molecule has 0 aliphatic carbocycles. The standard InChI is InChI=1S/C19H17N3O5S/c23-22(24)15-5-3-6-17(12-15)28(25,26)21-11-10-16(13-21)27-19-9-8-14-4-1-2-7-18(14)20-19/h1-9,12,16H,10-11,13H2. The second kappa shape index (κ2) is 7.17. The molecule has 1 aliphatic rings. The van der Waals surface area contributed by atoms with Crippen LogP contribution in [0.3, 0.4) is 0 Å². The number of hydrogen-bond acceptors (Lipinski definition) is 6. The van der Waals surface area contributed by atoms with E-state index in [1.54, 1.807) is 6.07 Å². The fraction of sp³-hybridized carbons (Fsp3) is 0.211. The lowest BCUT2D eigenvalue weighted by atomic mass is 10.2. The molecular weight excluding hydrogens is 382 g/mol. The smallest absolute Gasteiger partial charge is 0.270 e. The molecule has 0 radical (unpaired) electrons. The van der Waals surface area contributed by atoms with E-state index in [4.69, 9.17) is 4.74 Å². The number of para-hydroxylation sites is 1. The van der Waals surface area contributed by atoms with E-state index in [2.05, 4.69) is 4.98 Å². The quantitative estimate of drug-likeness (QED) is 0.483. The van der Waals surface area contributed by atoms with Gasteiger partial charge >= 0.3 is 0 Å². The van der Waals surface area contributed by atoms with E-state index in [-0.39, 0.29) is 29.8 Å². The fourth-order valence-corrected chi connectivity index (χ4v) is 4.73. The van der Waals surface area contributed by atoms with Gasteiger partial charge in [0.05, 0.1) is 21.9 Å². The molecule has 2 heterocycles. The molecule has 2 aromatic carbocycles. The lowest BCUT2D eigenvalue weighted by molar-refractivity contribution is -0.385. The highest BCUT2D eigenvalue weighted by Crippen LogP contribution is 2.26. The van der Waals surface area contributed by atoms with Crippen LogP contribution in [0.5, 0.6) is 5.88 Å². The number of benzene rings is 2. The van der Waals surface area contributed by atoms with Gasteiger partial charge in [-0.3, -0.25) is 10.1 Å². The van der Waals surface area contributed by atoms with Gasteiger partial charge in [-0.15, -0.1) is 0 Å². The number of nitrogens with zero attached hydrogens (tertiary/aromatic N) is 3. The van der Waals surface area contributed by atoms with Crippen LogP contribution in [0.4, 0.5) is 5.69 Å². The van der Waals surface area contributed by atoms with E-state index in [0.717, 1.165) is 17.0 Å². The fourth-order valence-electron chi connectivity index (χ4n) is 3.20. The number of non-ortho nitro benzene ring substituents is 1. The van der Waals surface area contributed by atoms with Gasteiger partial charge in [-0.25, -0.2) is 13.4 Å². The molecule has 1 atom stereocenters. The zero-order chi connectivity index (χ0) is 19.7. The van der Waals surface area contributed by atoms with Gasteiger partial charge in [-0.2, -0.15) is 4.31 Å². The molecule has 0 saturated carbocycles. The van der Waals surface area contributed by atoms with Crippen molar-refractivity contribution in [1.82, 2.24) is 9.29 Å². The summed E-state index contributed by atoms with van der Waals surface area (Å²) in [5.41, 5.74) is 0.549. The topological polar surface area (TPSA) is 103 Å². The Kier molecular flexibility index (Phi) is 4.70. The first-order valence-corrected chi connectivity index (χ1v) is 10.1. The molecule has 144 valence electrons. The van der Waals surface area contributed by atoms with E-state index in [1.165, 1.54) is 22.5 Å². The van der Waals surface area contributed by atoms with Crippen molar-refractivity contribution >= 4 is 26.6 Å². The molecule has 9 heteroatoms. The van der Waals surface area contributed by atoms with Crippen LogP contribution < -0.4 is 4.74 Å². The highest BCUT2D eigenvalue weighted by molar-refractivity contribution is 7.89. The normalized spacial score (nSPS) is 17.6. The van der Waals surface area contributed by atoms with Crippen molar-refractivity contribution in [3.05, 3.63) is 70.8 Å². The summed E-state index contributed by atoms with van der Waals surface area (Å²) in [6, 6.07) is 16.4. The van der Waals surface area contributed by atoms with Crippen LogP contribution in [0.2, 0.25) is 0 Å². The van der Waals surface area contributed by atoms with Crippen LogP contribution in [0.15, 0.2) is 65.6 Å². The molecule has 0 N–H and O–H groups in total. The number of nitro groups is 1. The van der Waals surface area contributed by atoms with Crippen molar-refractivity contribution in [3.8, 4) is 5.88 Å². The maximum atomic E-state index is 12.8. The van der Waals surface area contributed by atoms with Crippen LogP contribution in [0.1, 0.15) is 6.42 Å². The average molecular weight is 399 g/mol. The Morgan fingerprint density at radius 3 is 2.75 bits per heavy atom. The summed E-state index contributed by atoms with van der Waals surface area (Å²) in [6.07, 6.45) is 0.185. The summed E-state index contributed by atoms with van der Waals surface area (Å²) in [5, 5.41) is 11.9. The SMILES string of the molecule is O=[N+]([O-])c1cccc(S(=O)(=O)N2CCC(Oc3ccc4ccccc4n3)C2)c1. The Morgan fingerprint density at radius 1 is 1.11 bits per heavy atom. The number of aromatic nitrogens is 1. The van der Waals surface area contributed by atoms with Crippen molar-refractivity contribution < 1.29 is 18.1 Å². The third kappa shape index (κ3) is 3.54. The van der Waals surface area contributed by atoms with Crippen molar-refractivity contribution in [2.45, 2.75) is 17.4 Å². The van der Waals surface area contributed by atoms with Gasteiger partial charge in [0.2, 0.25) is 15.9 Å². The van der Waals surface area contributed by atoms with E-state index in [9.17, 15) is 18.5 Å². The zero-order valence-electron chi connectivity index (χ0n) is 14.8. The number of hydrogen-bond donors (Lipinski definition) is 0. The molecule has 0 bridgehead atoms. The monoisotopic (exact) mass is 399 g/mol. The van der Waals surface area contributed by atoms with E-state index >= 15 is 0 Å². The first-order chi connectivity index (χ1) is 13.4. The van der Waals surface area contributed by atoms with Gasteiger partial charge in [-0.1, -0.05) is 24.3 Å². The number of nitro benzene ring substituents is 1. The Hall–Kier alpha value is -3.04. The van der Waals surface area contributed by atoms with Crippen LogP contribution in [0.25, 0.3) is 10.9 Å². The summed E-state index contributed by atoms with van der Waals surface area (Å²) in [4.78, 5) is 14.7. The molecule has 1 fully saturated rings. The molecule has 0 spiro atoms.